The van der Waals surface area contributed by atoms with Gasteiger partial charge < -0.3 is 11.5 Å². The van der Waals surface area contributed by atoms with Crippen LogP contribution >= 0.6 is 0 Å². The van der Waals surface area contributed by atoms with Crippen molar-refractivity contribution in [2.24, 2.45) is 17.4 Å². The maximum Gasteiger partial charge on any atom is 0.243 e. The Labute approximate surface area is 125 Å². The van der Waals surface area contributed by atoms with Crippen LogP contribution in [-0.4, -0.2) is 31.7 Å². The first-order valence-electron chi connectivity index (χ1n) is 6.97. The molecular formula is C14H21N3O3S. The summed E-state index contributed by atoms with van der Waals surface area (Å²) in [6.45, 7) is 2.45. The molecule has 1 unspecified atom stereocenters. The fourth-order valence-electron chi connectivity index (χ4n) is 2.49. The minimum absolute atomic E-state index is 0.222. The van der Waals surface area contributed by atoms with Gasteiger partial charge in [0.05, 0.1) is 4.90 Å². The third kappa shape index (κ3) is 3.42. The lowest BCUT2D eigenvalue weighted by atomic mass is 9.98. The molecule has 1 amide bonds. The Morgan fingerprint density at radius 1 is 1.33 bits per heavy atom. The van der Waals surface area contributed by atoms with E-state index in [4.69, 9.17) is 11.5 Å². The van der Waals surface area contributed by atoms with Gasteiger partial charge in [-0.25, -0.2) is 8.42 Å². The molecule has 2 rings (SSSR count). The molecule has 0 aliphatic carbocycles. The van der Waals surface area contributed by atoms with E-state index < -0.39 is 10.0 Å². The topological polar surface area (TPSA) is 106 Å². The van der Waals surface area contributed by atoms with E-state index in [-0.39, 0.29) is 22.8 Å². The number of hydrogen-bond donors (Lipinski definition) is 2. The van der Waals surface area contributed by atoms with Crippen molar-refractivity contribution in [3.63, 3.8) is 0 Å². The third-order valence-corrected chi connectivity index (χ3v) is 5.77. The fraction of sp³-hybridized carbons (Fsp3) is 0.500. The number of amides is 1. The lowest BCUT2D eigenvalue weighted by molar-refractivity contribution is -0.122. The van der Waals surface area contributed by atoms with Gasteiger partial charge in [-0.05, 0) is 37.5 Å². The van der Waals surface area contributed by atoms with Crippen LogP contribution in [0.5, 0.6) is 0 Å². The molecule has 1 saturated heterocycles. The Bertz CT molecular complexity index is 620. The van der Waals surface area contributed by atoms with Crippen LogP contribution in [0.15, 0.2) is 29.2 Å². The number of nitrogens with two attached hydrogens (primary N) is 2. The molecule has 1 aliphatic heterocycles. The Hall–Kier alpha value is -1.44. The molecule has 7 heteroatoms. The Balaban J connectivity index is 2.19. The summed E-state index contributed by atoms with van der Waals surface area (Å²) in [7, 11) is -3.54. The van der Waals surface area contributed by atoms with E-state index in [2.05, 4.69) is 0 Å². The van der Waals surface area contributed by atoms with Crippen molar-refractivity contribution in [2.45, 2.75) is 30.7 Å². The second kappa shape index (κ2) is 6.13. The predicted molar refractivity (Wildman–Crippen MR) is 79.7 cm³/mol. The van der Waals surface area contributed by atoms with Crippen molar-refractivity contribution in [1.29, 1.82) is 0 Å². The van der Waals surface area contributed by atoms with Crippen LogP contribution in [0, 0.1) is 5.92 Å². The number of piperidine rings is 1. The molecule has 0 aromatic heterocycles. The predicted octanol–water partition coefficient (Wildman–Crippen LogP) is 0.592. The number of nitrogens with zero attached hydrogens (tertiary/aromatic N) is 1. The molecule has 1 aromatic rings. The Kier molecular flexibility index (Phi) is 4.65. The highest BCUT2D eigenvalue weighted by atomic mass is 32.2. The van der Waals surface area contributed by atoms with Gasteiger partial charge in [-0.2, -0.15) is 4.31 Å². The van der Waals surface area contributed by atoms with Crippen LogP contribution in [-0.2, 0) is 14.8 Å². The van der Waals surface area contributed by atoms with Gasteiger partial charge in [0.25, 0.3) is 0 Å². The smallest absolute Gasteiger partial charge is 0.243 e. The first kappa shape index (κ1) is 15.9. The molecule has 0 spiro atoms. The summed E-state index contributed by atoms with van der Waals surface area (Å²) < 4.78 is 26.6. The summed E-state index contributed by atoms with van der Waals surface area (Å²) in [6.07, 6.45) is 0.948. The summed E-state index contributed by atoms with van der Waals surface area (Å²) in [5, 5.41) is 0. The molecule has 1 aliphatic rings. The number of rotatable bonds is 4. The van der Waals surface area contributed by atoms with Crippen LogP contribution in [0.4, 0.5) is 0 Å². The molecule has 21 heavy (non-hydrogen) atoms. The van der Waals surface area contributed by atoms with Crippen molar-refractivity contribution < 1.29 is 13.2 Å². The second-order valence-electron chi connectivity index (χ2n) is 5.44. The van der Waals surface area contributed by atoms with Gasteiger partial charge in [-0.1, -0.05) is 12.1 Å². The van der Waals surface area contributed by atoms with Crippen molar-refractivity contribution in [1.82, 2.24) is 4.31 Å². The van der Waals surface area contributed by atoms with Crippen LogP contribution in [0.25, 0.3) is 0 Å². The van der Waals surface area contributed by atoms with Crippen LogP contribution < -0.4 is 11.5 Å². The minimum Gasteiger partial charge on any atom is -0.369 e. The molecule has 1 aromatic carbocycles. The van der Waals surface area contributed by atoms with Crippen molar-refractivity contribution in [3.8, 4) is 0 Å². The van der Waals surface area contributed by atoms with E-state index >= 15 is 0 Å². The summed E-state index contributed by atoms with van der Waals surface area (Å²) >= 11 is 0. The highest BCUT2D eigenvalue weighted by Gasteiger charge is 2.31. The Morgan fingerprint density at radius 2 is 1.95 bits per heavy atom. The molecule has 0 bridgehead atoms. The molecule has 116 valence electrons. The summed E-state index contributed by atoms with van der Waals surface area (Å²) in [5.74, 6) is -0.585. The number of benzene rings is 1. The zero-order valence-electron chi connectivity index (χ0n) is 12.0. The SMILES string of the molecule is CC(N)c1cccc(S(=O)(=O)N2CCC(C(N)=O)CC2)c1. The van der Waals surface area contributed by atoms with E-state index in [1.54, 1.807) is 18.2 Å². The van der Waals surface area contributed by atoms with E-state index in [1.165, 1.54) is 4.31 Å². The molecule has 1 heterocycles. The number of carbonyl (C=O) groups is 1. The highest BCUT2D eigenvalue weighted by molar-refractivity contribution is 7.89. The van der Waals surface area contributed by atoms with E-state index in [1.807, 2.05) is 13.0 Å². The first-order chi connectivity index (χ1) is 9.82. The minimum atomic E-state index is -3.54. The number of primary amides is 1. The number of sulfonamides is 1. The van der Waals surface area contributed by atoms with E-state index in [9.17, 15) is 13.2 Å². The van der Waals surface area contributed by atoms with Crippen LogP contribution in [0.3, 0.4) is 0 Å². The third-order valence-electron chi connectivity index (χ3n) is 3.88. The Morgan fingerprint density at radius 3 is 2.48 bits per heavy atom. The summed E-state index contributed by atoms with van der Waals surface area (Å²) in [6, 6.07) is 6.47. The molecule has 0 saturated carbocycles. The molecule has 1 atom stereocenters. The van der Waals surface area contributed by atoms with Gasteiger partial charge in [0.15, 0.2) is 0 Å². The first-order valence-corrected chi connectivity index (χ1v) is 8.41. The highest BCUT2D eigenvalue weighted by Crippen LogP contribution is 2.25. The fourth-order valence-corrected chi connectivity index (χ4v) is 4.01. The number of carbonyl (C=O) groups excluding carboxylic acids is 1. The molecular weight excluding hydrogens is 290 g/mol. The lowest BCUT2D eigenvalue weighted by Gasteiger charge is -2.29. The van der Waals surface area contributed by atoms with Crippen LogP contribution in [0.1, 0.15) is 31.4 Å². The monoisotopic (exact) mass is 311 g/mol. The standard InChI is InChI=1S/C14H21N3O3S/c1-10(15)12-3-2-4-13(9-12)21(19,20)17-7-5-11(6-8-17)14(16)18/h2-4,9-11H,5-8,15H2,1H3,(H2,16,18). The van der Waals surface area contributed by atoms with Gasteiger partial charge >= 0.3 is 0 Å². The van der Waals surface area contributed by atoms with E-state index in [0.717, 1.165) is 5.56 Å². The summed E-state index contributed by atoms with van der Waals surface area (Å²) in [5.41, 5.74) is 11.8. The van der Waals surface area contributed by atoms with Gasteiger partial charge in [0.2, 0.25) is 15.9 Å². The molecule has 4 N–H and O–H groups in total. The van der Waals surface area contributed by atoms with Gasteiger partial charge in [-0.3, -0.25) is 4.79 Å². The normalized spacial score (nSPS) is 19.3. The van der Waals surface area contributed by atoms with Gasteiger partial charge in [0, 0.05) is 25.0 Å². The van der Waals surface area contributed by atoms with Gasteiger partial charge in [0.1, 0.15) is 0 Å². The maximum absolute atomic E-state index is 12.6. The zero-order valence-corrected chi connectivity index (χ0v) is 12.8. The van der Waals surface area contributed by atoms with E-state index in [0.29, 0.717) is 25.9 Å². The average molecular weight is 311 g/mol. The average Bonchev–Trinajstić information content (AvgIpc) is 2.47. The van der Waals surface area contributed by atoms with Crippen molar-refractivity contribution in [3.05, 3.63) is 29.8 Å². The van der Waals surface area contributed by atoms with Crippen molar-refractivity contribution >= 4 is 15.9 Å². The maximum atomic E-state index is 12.6. The molecule has 1 fully saturated rings. The number of hydrogen-bond acceptors (Lipinski definition) is 4. The molecule has 6 nitrogen and oxygen atoms in total. The van der Waals surface area contributed by atoms with Crippen molar-refractivity contribution in [2.75, 3.05) is 13.1 Å². The van der Waals surface area contributed by atoms with Gasteiger partial charge in [-0.15, -0.1) is 0 Å². The zero-order chi connectivity index (χ0) is 15.6. The lowest BCUT2D eigenvalue weighted by Crippen LogP contribution is -2.41. The second-order valence-corrected chi connectivity index (χ2v) is 7.38. The van der Waals surface area contributed by atoms with Crippen LogP contribution in [0.2, 0.25) is 0 Å². The molecule has 0 radical (unpaired) electrons. The largest absolute Gasteiger partial charge is 0.369 e. The quantitative estimate of drug-likeness (QED) is 0.848. The summed E-state index contributed by atoms with van der Waals surface area (Å²) in [4.78, 5) is 11.4.